The Kier molecular flexibility index (Phi) is 5.61. The summed E-state index contributed by atoms with van der Waals surface area (Å²) in [6, 6.07) is 12.4. The number of benzene rings is 1. The summed E-state index contributed by atoms with van der Waals surface area (Å²) in [5.41, 5.74) is 8.38. The first kappa shape index (κ1) is 18.3. The lowest BCUT2D eigenvalue weighted by atomic mass is 10.2. The number of hydrogen-bond acceptors (Lipinski definition) is 6. The first-order valence-electron chi connectivity index (χ1n) is 8.78. The average Bonchev–Trinajstić information content (AvgIpc) is 2.69. The van der Waals surface area contributed by atoms with Gasteiger partial charge in [-0.25, -0.2) is 4.98 Å². The van der Waals surface area contributed by atoms with E-state index in [2.05, 4.69) is 39.4 Å². The summed E-state index contributed by atoms with van der Waals surface area (Å²) in [6.07, 6.45) is 4.33. The Morgan fingerprint density at radius 1 is 1.11 bits per heavy atom. The SMILES string of the molecule is CC[C@@H](C)Nc1nc(NC(=O)c2ccc(N)cc2)cc(-c2ccncc2)n1. The molecule has 138 valence electrons. The van der Waals surface area contributed by atoms with E-state index in [1.165, 1.54) is 0 Å². The van der Waals surface area contributed by atoms with E-state index in [1.807, 2.05) is 12.1 Å². The van der Waals surface area contributed by atoms with Gasteiger partial charge in [0.05, 0.1) is 5.69 Å². The van der Waals surface area contributed by atoms with Gasteiger partial charge >= 0.3 is 0 Å². The van der Waals surface area contributed by atoms with Crippen LogP contribution in [0.4, 0.5) is 17.5 Å². The maximum Gasteiger partial charge on any atom is 0.256 e. The first-order valence-corrected chi connectivity index (χ1v) is 8.78. The molecule has 2 aromatic heterocycles. The minimum atomic E-state index is -0.260. The molecule has 27 heavy (non-hydrogen) atoms. The van der Waals surface area contributed by atoms with E-state index in [-0.39, 0.29) is 11.9 Å². The molecule has 0 saturated heterocycles. The number of carbonyl (C=O) groups is 1. The molecular weight excluding hydrogens is 340 g/mol. The van der Waals surface area contributed by atoms with E-state index >= 15 is 0 Å². The lowest BCUT2D eigenvalue weighted by Gasteiger charge is -2.14. The van der Waals surface area contributed by atoms with Gasteiger partial charge in [0.2, 0.25) is 5.95 Å². The third-order valence-electron chi connectivity index (χ3n) is 4.10. The van der Waals surface area contributed by atoms with E-state index in [0.717, 1.165) is 12.0 Å². The summed E-state index contributed by atoms with van der Waals surface area (Å²) in [5.74, 6) is 0.625. The highest BCUT2D eigenvalue weighted by Crippen LogP contribution is 2.22. The van der Waals surface area contributed by atoms with Crippen LogP contribution in [0.1, 0.15) is 30.6 Å². The number of pyridine rings is 1. The third-order valence-corrected chi connectivity index (χ3v) is 4.10. The van der Waals surface area contributed by atoms with Crippen molar-refractivity contribution in [1.29, 1.82) is 0 Å². The first-order chi connectivity index (χ1) is 13.0. The van der Waals surface area contributed by atoms with Crippen molar-refractivity contribution in [2.45, 2.75) is 26.3 Å². The molecule has 7 heteroatoms. The molecule has 0 unspecified atom stereocenters. The number of nitrogens with two attached hydrogens (primary N) is 1. The molecule has 1 amide bonds. The van der Waals surface area contributed by atoms with Crippen LogP contribution < -0.4 is 16.4 Å². The number of rotatable bonds is 6. The Hall–Kier alpha value is -3.48. The molecule has 3 rings (SSSR count). The second kappa shape index (κ2) is 8.27. The number of nitrogens with zero attached hydrogens (tertiary/aromatic N) is 3. The zero-order chi connectivity index (χ0) is 19.2. The van der Waals surface area contributed by atoms with Gasteiger partial charge in [-0.1, -0.05) is 6.92 Å². The molecule has 0 spiro atoms. The normalized spacial score (nSPS) is 11.6. The molecule has 0 saturated carbocycles. The summed E-state index contributed by atoms with van der Waals surface area (Å²) in [4.78, 5) is 25.6. The van der Waals surface area contributed by atoms with Crippen LogP contribution in [0.5, 0.6) is 0 Å². The molecule has 0 fully saturated rings. The lowest BCUT2D eigenvalue weighted by Crippen LogP contribution is -2.18. The Morgan fingerprint density at radius 2 is 1.81 bits per heavy atom. The molecule has 1 atom stereocenters. The summed E-state index contributed by atoms with van der Waals surface area (Å²) < 4.78 is 0. The van der Waals surface area contributed by atoms with Crippen molar-refractivity contribution in [1.82, 2.24) is 15.0 Å². The fourth-order valence-electron chi connectivity index (χ4n) is 2.39. The number of aromatic nitrogens is 3. The maximum absolute atomic E-state index is 12.5. The van der Waals surface area contributed by atoms with Gasteiger partial charge in [-0.3, -0.25) is 9.78 Å². The van der Waals surface area contributed by atoms with Crippen LogP contribution in [0.2, 0.25) is 0 Å². The number of anilines is 3. The molecular formula is C20H22N6O. The van der Waals surface area contributed by atoms with Gasteiger partial charge in [-0.05, 0) is 49.7 Å². The zero-order valence-corrected chi connectivity index (χ0v) is 15.3. The van der Waals surface area contributed by atoms with Crippen LogP contribution in [-0.4, -0.2) is 26.9 Å². The monoisotopic (exact) mass is 362 g/mol. The Bertz CT molecular complexity index is 912. The van der Waals surface area contributed by atoms with Gasteiger partial charge < -0.3 is 16.4 Å². The summed E-state index contributed by atoms with van der Waals surface area (Å²) in [6.45, 7) is 4.13. The van der Waals surface area contributed by atoms with E-state index in [1.54, 1.807) is 42.7 Å². The fraction of sp³-hybridized carbons (Fsp3) is 0.200. The molecule has 0 aliphatic rings. The highest BCUT2D eigenvalue weighted by atomic mass is 16.1. The van der Waals surface area contributed by atoms with E-state index < -0.39 is 0 Å². The van der Waals surface area contributed by atoms with Crippen LogP contribution in [0, 0.1) is 0 Å². The van der Waals surface area contributed by atoms with Crippen LogP contribution >= 0.6 is 0 Å². The topological polar surface area (TPSA) is 106 Å². The molecule has 0 radical (unpaired) electrons. The van der Waals surface area contributed by atoms with Gasteiger partial charge in [-0.2, -0.15) is 4.98 Å². The van der Waals surface area contributed by atoms with E-state index in [9.17, 15) is 4.79 Å². The van der Waals surface area contributed by atoms with Crippen molar-refractivity contribution in [3.05, 3.63) is 60.4 Å². The van der Waals surface area contributed by atoms with Gasteiger partial charge in [-0.15, -0.1) is 0 Å². The molecule has 3 aromatic rings. The third kappa shape index (κ3) is 4.78. The predicted octanol–water partition coefficient (Wildman–Crippen LogP) is 3.58. The van der Waals surface area contributed by atoms with Crippen molar-refractivity contribution in [3.8, 4) is 11.3 Å². The molecule has 7 nitrogen and oxygen atoms in total. The van der Waals surface area contributed by atoms with Gasteiger partial charge in [0.1, 0.15) is 5.82 Å². The van der Waals surface area contributed by atoms with Crippen LogP contribution in [0.15, 0.2) is 54.9 Å². The number of carbonyl (C=O) groups excluding carboxylic acids is 1. The lowest BCUT2D eigenvalue weighted by molar-refractivity contribution is 0.102. The number of amides is 1. The average molecular weight is 362 g/mol. The number of nitrogens with one attached hydrogen (secondary N) is 2. The van der Waals surface area contributed by atoms with E-state index in [0.29, 0.717) is 28.7 Å². The van der Waals surface area contributed by atoms with Gasteiger partial charge in [0.15, 0.2) is 0 Å². The highest BCUT2D eigenvalue weighted by molar-refractivity contribution is 6.04. The Balaban J connectivity index is 1.91. The molecule has 2 heterocycles. The Morgan fingerprint density at radius 3 is 2.48 bits per heavy atom. The summed E-state index contributed by atoms with van der Waals surface area (Å²) >= 11 is 0. The van der Waals surface area contributed by atoms with Crippen LogP contribution in [0.3, 0.4) is 0 Å². The van der Waals surface area contributed by atoms with Crippen molar-refractivity contribution in [2.24, 2.45) is 0 Å². The predicted molar refractivity (Wildman–Crippen MR) is 107 cm³/mol. The van der Waals surface area contributed by atoms with E-state index in [4.69, 9.17) is 5.73 Å². The van der Waals surface area contributed by atoms with Crippen molar-refractivity contribution in [3.63, 3.8) is 0 Å². The standard InChI is InChI=1S/C20H22N6O/c1-3-13(2)23-20-24-17(14-8-10-22-11-9-14)12-18(26-20)25-19(27)15-4-6-16(21)7-5-15/h4-13H,3,21H2,1-2H3,(H2,23,24,25,26,27)/t13-/m1/s1. The minimum absolute atomic E-state index is 0.207. The number of hydrogen-bond donors (Lipinski definition) is 3. The van der Waals surface area contributed by atoms with Crippen LogP contribution in [0.25, 0.3) is 11.3 Å². The quantitative estimate of drug-likeness (QED) is 0.579. The van der Waals surface area contributed by atoms with Gasteiger partial charge in [0, 0.05) is 41.3 Å². The fourth-order valence-corrected chi connectivity index (χ4v) is 2.39. The second-order valence-electron chi connectivity index (χ2n) is 6.23. The highest BCUT2D eigenvalue weighted by Gasteiger charge is 2.12. The summed E-state index contributed by atoms with van der Waals surface area (Å²) in [7, 11) is 0. The largest absolute Gasteiger partial charge is 0.399 e. The molecule has 0 aliphatic heterocycles. The number of nitrogen functional groups attached to an aromatic ring is 1. The molecule has 0 aliphatic carbocycles. The maximum atomic E-state index is 12.5. The smallest absolute Gasteiger partial charge is 0.256 e. The molecule has 0 bridgehead atoms. The van der Waals surface area contributed by atoms with Crippen molar-refractivity contribution >= 4 is 23.4 Å². The Labute approximate surface area is 158 Å². The second-order valence-corrected chi connectivity index (χ2v) is 6.23. The van der Waals surface area contributed by atoms with Crippen molar-refractivity contribution in [2.75, 3.05) is 16.4 Å². The molecule has 4 N–H and O–H groups in total. The van der Waals surface area contributed by atoms with Crippen molar-refractivity contribution < 1.29 is 4.79 Å². The minimum Gasteiger partial charge on any atom is -0.399 e. The zero-order valence-electron chi connectivity index (χ0n) is 15.3. The van der Waals surface area contributed by atoms with Crippen LogP contribution in [-0.2, 0) is 0 Å². The summed E-state index contributed by atoms with van der Waals surface area (Å²) in [5, 5.41) is 6.09. The molecule has 1 aromatic carbocycles. The van der Waals surface area contributed by atoms with Gasteiger partial charge in [0.25, 0.3) is 5.91 Å².